The highest BCUT2D eigenvalue weighted by Gasteiger charge is 2.39. The number of carbonyl (C=O) groups excluding carboxylic acids is 1. The molecular formula is C29H26BrCl2NO4. The second-order valence-electron chi connectivity index (χ2n) is 9.23. The lowest BCUT2D eigenvalue weighted by molar-refractivity contribution is 0.0600. The molecule has 1 N–H and O–H groups in total. The van der Waals surface area contributed by atoms with Crippen molar-refractivity contribution in [2.24, 2.45) is 5.92 Å². The fourth-order valence-electron chi connectivity index (χ4n) is 5.32. The lowest BCUT2D eigenvalue weighted by atomic mass is 9.76. The van der Waals surface area contributed by atoms with Crippen molar-refractivity contribution in [3.05, 3.63) is 97.0 Å². The summed E-state index contributed by atoms with van der Waals surface area (Å²) in [6.45, 7) is 2.23. The van der Waals surface area contributed by atoms with E-state index in [0.29, 0.717) is 33.0 Å². The Morgan fingerprint density at radius 2 is 1.95 bits per heavy atom. The van der Waals surface area contributed by atoms with E-state index in [1.165, 1.54) is 12.7 Å². The number of hydrogen-bond donors (Lipinski definition) is 1. The highest BCUT2D eigenvalue weighted by Crippen LogP contribution is 2.52. The summed E-state index contributed by atoms with van der Waals surface area (Å²) in [7, 11) is 3.03. The summed E-state index contributed by atoms with van der Waals surface area (Å²) in [5, 5.41) is 4.87. The van der Waals surface area contributed by atoms with Crippen LogP contribution in [-0.4, -0.2) is 20.2 Å². The fraction of sp³-hybridized carbons (Fsp3) is 0.276. The van der Waals surface area contributed by atoms with Gasteiger partial charge >= 0.3 is 5.97 Å². The minimum absolute atomic E-state index is 0.00376. The van der Waals surface area contributed by atoms with Crippen molar-refractivity contribution in [1.82, 2.24) is 0 Å². The lowest BCUT2D eigenvalue weighted by Gasteiger charge is -2.39. The molecule has 1 aliphatic heterocycles. The van der Waals surface area contributed by atoms with E-state index >= 15 is 0 Å². The molecule has 0 spiro atoms. The van der Waals surface area contributed by atoms with Gasteiger partial charge in [0.15, 0.2) is 11.5 Å². The van der Waals surface area contributed by atoms with Crippen LogP contribution in [0.3, 0.4) is 0 Å². The molecule has 5 nitrogen and oxygen atoms in total. The number of esters is 1. The van der Waals surface area contributed by atoms with Crippen molar-refractivity contribution in [2.45, 2.75) is 31.9 Å². The number of anilines is 1. The normalized spacial score (nSPS) is 19.6. The van der Waals surface area contributed by atoms with E-state index in [4.69, 9.17) is 37.4 Å². The van der Waals surface area contributed by atoms with E-state index in [9.17, 15) is 4.79 Å². The smallest absolute Gasteiger partial charge is 0.338 e. The molecule has 0 bridgehead atoms. The van der Waals surface area contributed by atoms with Crippen molar-refractivity contribution < 1.29 is 19.0 Å². The molecule has 8 heteroatoms. The Morgan fingerprint density at radius 3 is 2.68 bits per heavy atom. The van der Waals surface area contributed by atoms with Crippen LogP contribution in [0, 0.1) is 12.8 Å². The molecular weight excluding hydrogens is 577 g/mol. The van der Waals surface area contributed by atoms with Crippen LogP contribution in [0.25, 0.3) is 0 Å². The fourth-order valence-corrected chi connectivity index (χ4v) is 6.36. The average molecular weight is 603 g/mol. The number of rotatable bonds is 6. The van der Waals surface area contributed by atoms with Gasteiger partial charge in [-0.2, -0.15) is 0 Å². The van der Waals surface area contributed by atoms with Crippen molar-refractivity contribution in [3.8, 4) is 11.5 Å². The number of methoxy groups -OCH3 is 2. The maximum atomic E-state index is 12.4. The van der Waals surface area contributed by atoms with Gasteiger partial charge < -0.3 is 19.5 Å². The first-order chi connectivity index (χ1) is 17.8. The molecule has 1 heterocycles. The van der Waals surface area contributed by atoms with Gasteiger partial charge in [-0.15, -0.1) is 0 Å². The van der Waals surface area contributed by atoms with Gasteiger partial charge in [0.25, 0.3) is 0 Å². The quantitative estimate of drug-likeness (QED) is 0.227. The van der Waals surface area contributed by atoms with Gasteiger partial charge in [-0.1, -0.05) is 47.5 Å². The standard InChI is InChI=1S/C29H26BrCl2NO4/c1-15-19(29(34)36-3)9-10-22-20-5-4-6-21(20)27(33-26(15)22)17-11-23(30)28(25(12-17)35-2)37-14-16-7-8-18(31)13-24(16)32/h4-5,7-13,20-21,27,33H,6,14H2,1-3H3/t20-,21+,27+/m0/s1. The maximum Gasteiger partial charge on any atom is 0.338 e. The summed E-state index contributed by atoms with van der Waals surface area (Å²) < 4.78 is 17.7. The number of nitrogens with one attached hydrogen (secondary N) is 1. The zero-order valence-electron chi connectivity index (χ0n) is 20.6. The van der Waals surface area contributed by atoms with E-state index in [0.717, 1.165) is 33.3 Å². The highest BCUT2D eigenvalue weighted by atomic mass is 79.9. The highest BCUT2D eigenvalue weighted by molar-refractivity contribution is 9.10. The number of hydrogen-bond acceptors (Lipinski definition) is 5. The van der Waals surface area contributed by atoms with Crippen LogP contribution in [0.4, 0.5) is 5.69 Å². The third-order valence-corrected chi connectivity index (χ3v) is 8.38. The average Bonchev–Trinajstić information content (AvgIpc) is 3.38. The summed E-state index contributed by atoms with van der Waals surface area (Å²) in [6, 6.07) is 13.3. The molecule has 37 heavy (non-hydrogen) atoms. The predicted octanol–water partition coefficient (Wildman–Crippen LogP) is 8.27. The number of fused-ring (bicyclic) bond motifs is 3. The van der Waals surface area contributed by atoms with Gasteiger partial charge in [0.1, 0.15) is 6.61 Å². The molecule has 3 aromatic carbocycles. The minimum atomic E-state index is -0.338. The van der Waals surface area contributed by atoms with Crippen LogP contribution >= 0.6 is 39.1 Å². The number of ether oxygens (including phenoxy) is 3. The summed E-state index contributed by atoms with van der Waals surface area (Å²) >= 11 is 16.1. The zero-order chi connectivity index (χ0) is 26.3. The Balaban J connectivity index is 1.49. The Hall–Kier alpha value is -2.67. The molecule has 0 aromatic heterocycles. The van der Waals surface area contributed by atoms with Crippen molar-refractivity contribution in [3.63, 3.8) is 0 Å². The van der Waals surface area contributed by atoms with Crippen molar-refractivity contribution >= 4 is 50.8 Å². The van der Waals surface area contributed by atoms with Gasteiger partial charge in [0, 0.05) is 27.2 Å². The molecule has 0 saturated carbocycles. The van der Waals surface area contributed by atoms with Gasteiger partial charge in [-0.25, -0.2) is 4.79 Å². The topological polar surface area (TPSA) is 56.8 Å². The van der Waals surface area contributed by atoms with E-state index in [1.54, 1.807) is 19.2 Å². The second-order valence-corrected chi connectivity index (χ2v) is 10.9. The lowest BCUT2D eigenvalue weighted by Crippen LogP contribution is -2.30. The zero-order valence-corrected chi connectivity index (χ0v) is 23.7. The van der Waals surface area contributed by atoms with Gasteiger partial charge in [0.05, 0.1) is 30.3 Å². The SMILES string of the molecule is COC(=O)c1ccc2c(c1C)N[C@H](c1cc(Br)c(OCc3ccc(Cl)cc3Cl)c(OC)c1)[C@@H]1CC=C[C@H]21. The molecule has 192 valence electrons. The molecule has 5 rings (SSSR count). The maximum absolute atomic E-state index is 12.4. The van der Waals surface area contributed by atoms with E-state index < -0.39 is 0 Å². The second kappa shape index (κ2) is 10.6. The molecule has 3 aromatic rings. The third kappa shape index (κ3) is 4.83. The summed E-state index contributed by atoms with van der Waals surface area (Å²) in [5.74, 6) is 1.45. The Kier molecular flexibility index (Phi) is 7.44. The first-order valence-electron chi connectivity index (χ1n) is 11.9. The Morgan fingerprint density at radius 1 is 1.14 bits per heavy atom. The molecule has 1 aliphatic carbocycles. The molecule has 0 fully saturated rings. The summed E-state index contributed by atoms with van der Waals surface area (Å²) in [4.78, 5) is 12.4. The van der Waals surface area contributed by atoms with Crippen molar-refractivity contribution in [1.29, 1.82) is 0 Å². The monoisotopic (exact) mass is 601 g/mol. The third-order valence-electron chi connectivity index (χ3n) is 7.20. The number of benzene rings is 3. The predicted molar refractivity (Wildman–Crippen MR) is 150 cm³/mol. The number of allylic oxidation sites excluding steroid dienone is 2. The van der Waals surface area contributed by atoms with Crippen molar-refractivity contribution in [2.75, 3.05) is 19.5 Å². The molecule has 0 radical (unpaired) electrons. The summed E-state index contributed by atoms with van der Waals surface area (Å²) in [6.07, 6.45) is 5.46. The first-order valence-corrected chi connectivity index (χ1v) is 13.5. The Bertz CT molecular complexity index is 1410. The first kappa shape index (κ1) is 26.0. The Labute approximate surface area is 234 Å². The summed E-state index contributed by atoms with van der Waals surface area (Å²) in [5.41, 5.74) is 5.52. The van der Waals surface area contributed by atoms with E-state index in [1.807, 2.05) is 31.2 Å². The molecule has 2 aliphatic rings. The van der Waals surface area contributed by atoms with Gasteiger partial charge in [-0.05, 0) is 82.2 Å². The molecule has 3 atom stereocenters. The van der Waals surface area contributed by atoms with Crippen LogP contribution in [-0.2, 0) is 11.3 Å². The molecule has 0 amide bonds. The molecule has 0 saturated heterocycles. The van der Waals surface area contributed by atoms with Crippen LogP contribution < -0.4 is 14.8 Å². The van der Waals surface area contributed by atoms with E-state index in [2.05, 4.69) is 39.5 Å². The minimum Gasteiger partial charge on any atom is -0.493 e. The van der Waals surface area contributed by atoms with E-state index in [-0.39, 0.29) is 24.5 Å². The van der Waals surface area contributed by atoms with Crippen LogP contribution in [0.15, 0.2) is 59.1 Å². The largest absolute Gasteiger partial charge is 0.493 e. The number of carbonyl (C=O) groups is 1. The van der Waals surface area contributed by atoms with Gasteiger partial charge in [0.2, 0.25) is 0 Å². The van der Waals surface area contributed by atoms with Crippen LogP contribution in [0.2, 0.25) is 10.0 Å². The van der Waals surface area contributed by atoms with Crippen LogP contribution in [0.5, 0.6) is 11.5 Å². The molecule has 0 unspecified atom stereocenters. The number of halogens is 3. The van der Waals surface area contributed by atoms with Gasteiger partial charge in [-0.3, -0.25) is 0 Å². The van der Waals surface area contributed by atoms with Crippen LogP contribution in [0.1, 0.15) is 51.0 Å².